The molecule has 0 aliphatic carbocycles. The summed E-state index contributed by atoms with van der Waals surface area (Å²) < 4.78 is 7.77. The van der Waals surface area contributed by atoms with E-state index in [0.717, 1.165) is 10.0 Å². The van der Waals surface area contributed by atoms with E-state index in [0.29, 0.717) is 12.4 Å². The number of esters is 1. The molecule has 0 amide bonds. The maximum atomic E-state index is 12.2. The molecule has 0 aliphatic rings. The Balaban J connectivity index is 2.46. The van der Waals surface area contributed by atoms with Gasteiger partial charge in [-0.25, -0.2) is 0 Å². The summed E-state index contributed by atoms with van der Waals surface area (Å²) in [6, 6.07) is 7.54. The van der Waals surface area contributed by atoms with Gasteiger partial charge in [0.1, 0.15) is 12.2 Å². The van der Waals surface area contributed by atoms with Gasteiger partial charge in [0.05, 0.1) is 6.61 Å². The molecule has 0 N–H and O–H groups in total. The molecule has 0 radical (unpaired) electrons. The van der Waals surface area contributed by atoms with Crippen LogP contribution in [0.25, 0.3) is 0 Å². The molecule has 1 unspecified atom stereocenters. The molecule has 1 heterocycles. The van der Waals surface area contributed by atoms with E-state index in [1.165, 1.54) is 0 Å². The molecule has 5 nitrogen and oxygen atoms in total. The zero-order chi connectivity index (χ0) is 13.8. The summed E-state index contributed by atoms with van der Waals surface area (Å²) in [6.07, 6.45) is 1.57. The first-order chi connectivity index (χ1) is 9.13. The van der Waals surface area contributed by atoms with E-state index in [1.54, 1.807) is 24.9 Å². The molecule has 19 heavy (non-hydrogen) atoms. The second-order valence-electron chi connectivity index (χ2n) is 4.04. The van der Waals surface area contributed by atoms with Crippen molar-refractivity contribution in [3.05, 3.63) is 46.5 Å². The van der Waals surface area contributed by atoms with Crippen LogP contribution in [0.1, 0.15) is 24.2 Å². The van der Waals surface area contributed by atoms with Crippen molar-refractivity contribution in [3.8, 4) is 0 Å². The minimum atomic E-state index is -0.565. The Morgan fingerprint density at radius 1 is 1.53 bits per heavy atom. The number of hydrogen-bond donors (Lipinski definition) is 0. The van der Waals surface area contributed by atoms with Crippen molar-refractivity contribution in [2.75, 3.05) is 6.61 Å². The van der Waals surface area contributed by atoms with Crippen LogP contribution in [-0.4, -0.2) is 27.3 Å². The van der Waals surface area contributed by atoms with E-state index in [1.807, 2.05) is 24.3 Å². The highest BCUT2D eigenvalue weighted by atomic mass is 79.9. The average molecular weight is 324 g/mol. The lowest BCUT2D eigenvalue weighted by Crippen LogP contribution is -2.20. The standard InChI is InChI=1S/C13H14BrN3O2/c1-3-19-13(18)11(12-16-15-8-17(12)2)9-5-4-6-10(14)7-9/h4-8,11H,3H2,1-2H3. The van der Waals surface area contributed by atoms with Gasteiger partial charge in [0.2, 0.25) is 0 Å². The van der Waals surface area contributed by atoms with Crippen LogP contribution in [0.2, 0.25) is 0 Å². The van der Waals surface area contributed by atoms with Gasteiger partial charge in [-0.15, -0.1) is 10.2 Å². The van der Waals surface area contributed by atoms with Gasteiger partial charge in [-0.1, -0.05) is 28.1 Å². The smallest absolute Gasteiger partial charge is 0.321 e. The number of hydrogen-bond acceptors (Lipinski definition) is 4. The van der Waals surface area contributed by atoms with Crippen LogP contribution in [0.4, 0.5) is 0 Å². The number of rotatable bonds is 4. The molecule has 1 aromatic heterocycles. The molecule has 6 heteroatoms. The highest BCUT2D eigenvalue weighted by molar-refractivity contribution is 9.10. The van der Waals surface area contributed by atoms with Gasteiger partial charge in [0.15, 0.2) is 5.82 Å². The Kier molecular flexibility index (Phi) is 4.31. The van der Waals surface area contributed by atoms with Crippen molar-refractivity contribution >= 4 is 21.9 Å². The number of benzene rings is 1. The Morgan fingerprint density at radius 3 is 2.89 bits per heavy atom. The summed E-state index contributed by atoms with van der Waals surface area (Å²) in [6.45, 7) is 2.12. The van der Waals surface area contributed by atoms with Gasteiger partial charge < -0.3 is 9.30 Å². The molecule has 0 aliphatic heterocycles. The topological polar surface area (TPSA) is 57.0 Å². The van der Waals surface area contributed by atoms with Crippen LogP contribution in [-0.2, 0) is 16.6 Å². The van der Waals surface area contributed by atoms with Crippen LogP contribution < -0.4 is 0 Å². The summed E-state index contributed by atoms with van der Waals surface area (Å²) in [7, 11) is 1.81. The van der Waals surface area contributed by atoms with Crippen molar-refractivity contribution < 1.29 is 9.53 Å². The molecular formula is C13H14BrN3O2. The van der Waals surface area contributed by atoms with Crippen LogP contribution in [0.3, 0.4) is 0 Å². The lowest BCUT2D eigenvalue weighted by Gasteiger charge is -2.15. The first-order valence-corrected chi connectivity index (χ1v) is 6.68. The summed E-state index contributed by atoms with van der Waals surface area (Å²) in [5, 5.41) is 7.85. The minimum Gasteiger partial charge on any atom is -0.465 e. The van der Waals surface area contributed by atoms with Crippen LogP contribution in [0.15, 0.2) is 35.1 Å². The highest BCUT2D eigenvalue weighted by Gasteiger charge is 2.28. The van der Waals surface area contributed by atoms with Crippen molar-refractivity contribution in [2.24, 2.45) is 7.05 Å². The lowest BCUT2D eigenvalue weighted by molar-refractivity contribution is -0.144. The zero-order valence-electron chi connectivity index (χ0n) is 10.7. The Labute approximate surface area is 119 Å². The zero-order valence-corrected chi connectivity index (χ0v) is 12.3. The summed E-state index contributed by atoms with van der Waals surface area (Å²) in [5.74, 6) is -0.321. The minimum absolute atomic E-state index is 0.322. The van der Waals surface area contributed by atoms with Crippen LogP contribution >= 0.6 is 15.9 Å². The predicted octanol–water partition coefficient (Wildman–Crippen LogP) is 2.27. The summed E-state index contributed by atoms with van der Waals surface area (Å²) in [5.41, 5.74) is 0.823. The number of halogens is 1. The number of carbonyl (C=O) groups excluding carboxylic acids is 1. The number of aromatic nitrogens is 3. The Hall–Kier alpha value is -1.69. The third kappa shape index (κ3) is 3.01. The molecule has 0 saturated heterocycles. The first-order valence-electron chi connectivity index (χ1n) is 5.89. The second-order valence-corrected chi connectivity index (χ2v) is 4.96. The fourth-order valence-corrected chi connectivity index (χ4v) is 2.27. The maximum Gasteiger partial charge on any atom is 0.321 e. The van der Waals surface area contributed by atoms with E-state index in [2.05, 4.69) is 26.1 Å². The van der Waals surface area contributed by atoms with Gasteiger partial charge >= 0.3 is 5.97 Å². The fourth-order valence-electron chi connectivity index (χ4n) is 1.86. The molecule has 1 aromatic carbocycles. The molecule has 0 spiro atoms. The molecule has 0 fully saturated rings. The quantitative estimate of drug-likeness (QED) is 0.810. The molecule has 2 rings (SSSR count). The van der Waals surface area contributed by atoms with E-state index in [9.17, 15) is 4.79 Å². The molecule has 0 saturated carbocycles. The van der Waals surface area contributed by atoms with Gasteiger partial charge in [-0.3, -0.25) is 4.79 Å². The Morgan fingerprint density at radius 2 is 2.32 bits per heavy atom. The molecular weight excluding hydrogens is 310 g/mol. The van der Waals surface area contributed by atoms with Crippen molar-refractivity contribution in [2.45, 2.75) is 12.8 Å². The van der Waals surface area contributed by atoms with E-state index >= 15 is 0 Å². The molecule has 2 aromatic rings. The van der Waals surface area contributed by atoms with E-state index < -0.39 is 5.92 Å². The van der Waals surface area contributed by atoms with Crippen molar-refractivity contribution in [1.29, 1.82) is 0 Å². The van der Waals surface area contributed by atoms with E-state index in [-0.39, 0.29) is 5.97 Å². The van der Waals surface area contributed by atoms with E-state index in [4.69, 9.17) is 4.74 Å². The number of aryl methyl sites for hydroxylation is 1. The van der Waals surface area contributed by atoms with Crippen LogP contribution in [0, 0.1) is 0 Å². The monoisotopic (exact) mass is 323 g/mol. The highest BCUT2D eigenvalue weighted by Crippen LogP contribution is 2.26. The van der Waals surface area contributed by atoms with Gasteiger partial charge in [0, 0.05) is 11.5 Å². The molecule has 0 bridgehead atoms. The van der Waals surface area contributed by atoms with Crippen LogP contribution in [0.5, 0.6) is 0 Å². The Bertz CT molecular complexity index is 583. The molecule has 1 atom stereocenters. The normalized spacial score (nSPS) is 12.2. The fraction of sp³-hybridized carbons (Fsp3) is 0.308. The van der Waals surface area contributed by atoms with Gasteiger partial charge in [0.25, 0.3) is 0 Å². The number of carbonyl (C=O) groups is 1. The average Bonchev–Trinajstić information content (AvgIpc) is 2.77. The third-order valence-corrected chi connectivity index (χ3v) is 3.20. The molecule has 100 valence electrons. The largest absolute Gasteiger partial charge is 0.465 e. The number of nitrogens with zero attached hydrogens (tertiary/aromatic N) is 3. The lowest BCUT2D eigenvalue weighted by atomic mass is 9.98. The number of ether oxygens (including phenoxy) is 1. The van der Waals surface area contributed by atoms with Gasteiger partial charge in [-0.05, 0) is 24.6 Å². The van der Waals surface area contributed by atoms with Gasteiger partial charge in [-0.2, -0.15) is 0 Å². The second kappa shape index (κ2) is 5.97. The SMILES string of the molecule is CCOC(=O)C(c1cccc(Br)c1)c1nncn1C. The third-order valence-electron chi connectivity index (χ3n) is 2.71. The first kappa shape index (κ1) is 13.7. The van der Waals surface area contributed by atoms with Crippen molar-refractivity contribution in [3.63, 3.8) is 0 Å². The predicted molar refractivity (Wildman–Crippen MR) is 73.6 cm³/mol. The summed E-state index contributed by atoms with van der Waals surface area (Å²) >= 11 is 3.41. The summed E-state index contributed by atoms with van der Waals surface area (Å²) in [4.78, 5) is 12.2. The van der Waals surface area contributed by atoms with Crippen molar-refractivity contribution in [1.82, 2.24) is 14.8 Å². The maximum absolute atomic E-state index is 12.2.